The van der Waals surface area contributed by atoms with Gasteiger partial charge in [-0.15, -0.1) is 0 Å². The molecule has 7 nitrogen and oxygen atoms in total. The molecule has 2 aromatic heterocycles. The third-order valence-electron chi connectivity index (χ3n) is 4.12. The predicted octanol–water partition coefficient (Wildman–Crippen LogP) is 3.50. The number of hydrogen-bond acceptors (Lipinski definition) is 6. The predicted molar refractivity (Wildman–Crippen MR) is 107 cm³/mol. The maximum atomic E-state index is 9.60. The topological polar surface area (TPSA) is 87.9 Å². The van der Waals surface area contributed by atoms with E-state index in [0.29, 0.717) is 30.4 Å². The number of para-hydroxylation sites is 1. The number of benzene rings is 1. The summed E-state index contributed by atoms with van der Waals surface area (Å²) in [6, 6.07) is 11.3. The van der Waals surface area contributed by atoms with Crippen molar-refractivity contribution in [3.63, 3.8) is 0 Å². The fourth-order valence-corrected chi connectivity index (χ4v) is 2.75. The molecule has 2 heterocycles. The van der Waals surface area contributed by atoms with Crippen molar-refractivity contribution in [2.45, 2.75) is 32.4 Å². The summed E-state index contributed by atoms with van der Waals surface area (Å²) in [5.41, 5.74) is 1.71. The Morgan fingerprint density at radius 3 is 2.70 bits per heavy atom. The first-order chi connectivity index (χ1) is 13.2. The summed E-state index contributed by atoms with van der Waals surface area (Å²) >= 11 is 6.21. The fourth-order valence-electron chi connectivity index (χ4n) is 2.53. The first-order valence-electron chi connectivity index (χ1n) is 8.93. The lowest BCUT2D eigenvalue weighted by atomic mass is 10.2. The molecular formula is C19H23ClN6O. The molecule has 0 aliphatic rings. The Balaban J connectivity index is 1.56. The van der Waals surface area contributed by atoms with Gasteiger partial charge < -0.3 is 15.7 Å². The number of rotatable bonds is 9. The van der Waals surface area contributed by atoms with E-state index in [1.165, 1.54) is 6.33 Å². The van der Waals surface area contributed by atoms with Crippen LogP contribution in [0.5, 0.6) is 0 Å². The molecule has 1 atom stereocenters. The molecule has 8 heteroatoms. The minimum Gasteiger partial charge on any atom is -0.393 e. The molecule has 0 saturated carbocycles. The van der Waals surface area contributed by atoms with E-state index in [0.717, 1.165) is 23.6 Å². The van der Waals surface area contributed by atoms with Crippen molar-refractivity contribution < 1.29 is 5.11 Å². The van der Waals surface area contributed by atoms with Crippen molar-refractivity contribution in [1.29, 1.82) is 0 Å². The van der Waals surface area contributed by atoms with Crippen LogP contribution >= 0.6 is 11.6 Å². The number of aliphatic hydroxyl groups excluding tert-OH is 1. The molecule has 0 saturated heterocycles. The van der Waals surface area contributed by atoms with Gasteiger partial charge in [0.15, 0.2) is 0 Å². The Bertz CT molecular complexity index is 869. The fraction of sp³-hybridized carbons (Fsp3) is 0.316. The van der Waals surface area contributed by atoms with Crippen LogP contribution < -0.4 is 10.6 Å². The lowest BCUT2D eigenvalue weighted by molar-refractivity contribution is 0.164. The van der Waals surface area contributed by atoms with E-state index in [2.05, 4.69) is 25.7 Å². The van der Waals surface area contributed by atoms with Crippen LogP contribution in [-0.2, 0) is 6.54 Å². The zero-order valence-corrected chi connectivity index (χ0v) is 15.9. The Morgan fingerprint density at radius 2 is 1.93 bits per heavy atom. The molecule has 1 aromatic carbocycles. The van der Waals surface area contributed by atoms with Crippen molar-refractivity contribution in [3.05, 3.63) is 59.6 Å². The quantitative estimate of drug-likeness (QED) is 0.521. The van der Waals surface area contributed by atoms with E-state index in [-0.39, 0.29) is 6.10 Å². The van der Waals surface area contributed by atoms with Gasteiger partial charge in [0, 0.05) is 18.8 Å². The van der Waals surface area contributed by atoms with Crippen LogP contribution in [0.3, 0.4) is 0 Å². The highest BCUT2D eigenvalue weighted by molar-refractivity contribution is 6.32. The van der Waals surface area contributed by atoms with Gasteiger partial charge in [0.1, 0.15) is 18.0 Å². The number of anilines is 2. The monoisotopic (exact) mass is 386 g/mol. The summed E-state index contributed by atoms with van der Waals surface area (Å²) in [7, 11) is 0. The van der Waals surface area contributed by atoms with E-state index in [1.807, 2.05) is 49.5 Å². The standard InChI is InChI=1S/C19H23ClN6O/c1-2-15(27)7-9-21-18-11-19(24-13-23-18)22-12-14-8-10-26(25-14)17-6-4-3-5-16(17)20/h3-6,8,10-11,13,15,27H,2,7,9,12H2,1H3,(H2,21,22,23,24). The smallest absolute Gasteiger partial charge is 0.131 e. The first kappa shape index (κ1) is 19.1. The van der Waals surface area contributed by atoms with Crippen molar-refractivity contribution in [3.8, 4) is 5.69 Å². The van der Waals surface area contributed by atoms with E-state index in [1.54, 1.807) is 4.68 Å². The van der Waals surface area contributed by atoms with Gasteiger partial charge in [-0.3, -0.25) is 0 Å². The van der Waals surface area contributed by atoms with Crippen LogP contribution in [0, 0.1) is 0 Å². The number of nitrogens with zero attached hydrogens (tertiary/aromatic N) is 4. The number of halogens is 1. The first-order valence-corrected chi connectivity index (χ1v) is 9.31. The Morgan fingerprint density at radius 1 is 1.15 bits per heavy atom. The number of aliphatic hydroxyl groups is 1. The maximum Gasteiger partial charge on any atom is 0.131 e. The van der Waals surface area contributed by atoms with Crippen molar-refractivity contribution >= 4 is 23.2 Å². The number of aromatic nitrogens is 4. The molecule has 27 heavy (non-hydrogen) atoms. The van der Waals surface area contributed by atoms with Crippen molar-refractivity contribution in [2.24, 2.45) is 0 Å². The maximum absolute atomic E-state index is 9.60. The second-order valence-electron chi connectivity index (χ2n) is 6.12. The summed E-state index contributed by atoms with van der Waals surface area (Å²) < 4.78 is 1.76. The SMILES string of the molecule is CCC(O)CCNc1cc(NCc2ccn(-c3ccccc3Cl)n2)ncn1. The van der Waals surface area contributed by atoms with Gasteiger partial charge in [0.25, 0.3) is 0 Å². The summed E-state index contributed by atoms with van der Waals surface area (Å²) in [4.78, 5) is 8.42. The van der Waals surface area contributed by atoms with E-state index >= 15 is 0 Å². The van der Waals surface area contributed by atoms with E-state index in [9.17, 15) is 5.11 Å². The average molecular weight is 387 g/mol. The van der Waals surface area contributed by atoms with E-state index < -0.39 is 0 Å². The Hall–Kier alpha value is -2.64. The van der Waals surface area contributed by atoms with Crippen molar-refractivity contribution in [2.75, 3.05) is 17.2 Å². The van der Waals surface area contributed by atoms with E-state index in [4.69, 9.17) is 11.6 Å². The van der Waals surface area contributed by atoms with Gasteiger partial charge in [-0.1, -0.05) is 30.7 Å². The second kappa shape index (κ2) is 9.34. The Kier molecular flexibility index (Phi) is 6.62. The number of hydrogen-bond donors (Lipinski definition) is 3. The molecule has 0 spiro atoms. The zero-order chi connectivity index (χ0) is 19.1. The largest absolute Gasteiger partial charge is 0.393 e. The molecule has 0 bridgehead atoms. The Labute approximate surface area is 163 Å². The molecule has 3 N–H and O–H groups in total. The summed E-state index contributed by atoms with van der Waals surface area (Å²) in [6.45, 7) is 3.15. The molecule has 142 valence electrons. The molecule has 0 amide bonds. The van der Waals surface area contributed by atoms with Crippen LogP contribution in [0.4, 0.5) is 11.6 Å². The summed E-state index contributed by atoms with van der Waals surface area (Å²) in [5, 5.41) is 21.2. The minimum atomic E-state index is -0.287. The van der Waals surface area contributed by atoms with Gasteiger partial charge in [-0.25, -0.2) is 14.6 Å². The van der Waals surface area contributed by atoms with Gasteiger partial charge >= 0.3 is 0 Å². The minimum absolute atomic E-state index is 0.287. The molecule has 0 radical (unpaired) electrons. The highest BCUT2D eigenvalue weighted by atomic mass is 35.5. The molecule has 0 aliphatic heterocycles. The molecule has 3 rings (SSSR count). The van der Waals surface area contributed by atoms with Gasteiger partial charge in [0.05, 0.1) is 29.1 Å². The normalized spacial score (nSPS) is 12.0. The van der Waals surface area contributed by atoms with Gasteiger partial charge in [0.2, 0.25) is 0 Å². The lowest BCUT2D eigenvalue weighted by Gasteiger charge is -2.10. The van der Waals surface area contributed by atoms with Crippen LogP contribution in [0.25, 0.3) is 5.69 Å². The van der Waals surface area contributed by atoms with Crippen molar-refractivity contribution in [1.82, 2.24) is 19.7 Å². The van der Waals surface area contributed by atoms with Crippen LogP contribution in [0.15, 0.2) is 48.9 Å². The molecule has 3 aromatic rings. The molecule has 1 unspecified atom stereocenters. The van der Waals surface area contributed by atoms with Crippen LogP contribution in [-0.4, -0.2) is 37.5 Å². The summed E-state index contributed by atoms with van der Waals surface area (Å²) in [6.07, 6.45) is 4.53. The average Bonchev–Trinajstić information content (AvgIpc) is 3.16. The third kappa shape index (κ3) is 5.42. The van der Waals surface area contributed by atoms with Gasteiger partial charge in [-0.2, -0.15) is 5.10 Å². The van der Waals surface area contributed by atoms with Crippen LogP contribution in [0.2, 0.25) is 5.02 Å². The highest BCUT2D eigenvalue weighted by Crippen LogP contribution is 2.19. The second-order valence-corrected chi connectivity index (χ2v) is 6.53. The van der Waals surface area contributed by atoms with Gasteiger partial charge in [-0.05, 0) is 31.0 Å². The molecule has 0 aliphatic carbocycles. The number of nitrogens with one attached hydrogen (secondary N) is 2. The zero-order valence-electron chi connectivity index (χ0n) is 15.1. The third-order valence-corrected chi connectivity index (χ3v) is 4.44. The summed E-state index contributed by atoms with van der Waals surface area (Å²) in [5.74, 6) is 1.42. The highest BCUT2D eigenvalue weighted by Gasteiger charge is 2.06. The molecule has 0 fully saturated rings. The molecular weight excluding hydrogens is 364 g/mol. The van der Waals surface area contributed by atoms with Crippen LogP contribution in [0.1, 0.15) is 25.5 Å². The lowest BCUT2D eigenvalue weighted by Crippen LogP contribution is -2.13.